The number of nitrogens with zero attached hydrogens (tertiary/aromatic N) is 3. The molecule has 1 heterocycles. The van der Waals surface area contributed by atoms with Crippen LogP contribution in [0.1, 0.15) is 0 Å². The molecule has 0 bridgehead atoms. The fraction of sp³-hybridized carbons (Fsp3) is 0.500. The van der Waals surface area contributed by atoms with Gasteiger partial charge in [-0.3, -0.25) is 0 Å². The highest BCUT2D eigenvalue weighted by Gasteiger charge is 2.05. The molecular formula is C8H16N6S. The molecule has 0 spiro atoms. The maximum atomic E-state index is 5.55. The second-order valence-corrected chi connectivity index (χ2v) is 4.01. The zero-order valence-corrected chi connectivity index (χ0v) is 9.71. The summed E-state index contributed by atoms with van der Waals surface area (Å²) in [6.07, 6.45) is 2.06. The third-order valence-electron chi connectivity index (χ3n) is 1.90. The van der Waals surface area contributed by atoms with Crippen LogP contribution in [0.25, 0.3) is 0 Å². The van der Waals surface area contributed by atoms with Gasteiger partial charge in [-0.15, -0.1) is 0 Å². The molecule has 7 heteroatoms. The van der Waals surface area contributed by atoms with Gasteiger partial charge < -0.3 is 16.1 Å². The normalized spacial score (nSPS) is 10.1. The predicted octanol–water partition coefficient (Wildman–Crippen LogP) is 0.144. The average Bonchev–Trinajstić information content (AvgIpc) is 2.24. The lowest BCUT2D eigenvalue weighted by Gasteiger charge is -2.18. The predicted molar refractivity (Wildman–Crippen MR) is 65.9 cm³/mol. The van der Waals surface area contributed by atoms with Crippen LogP contribution < -0.4 is 21.9 Å². The zero-order valence-electron chi connectivity index (χ0n) is 8.90. The highest BCUT2D eigenvalue weighted by Crippen LogP contribution is 2.15. The van der Waals surface area contributed by atoms with Crippen LogP contribution in [0, 0.1) is 0 Å². The van der Waals surface area contributed by atoms with Gasteiger partial charge in [-0.05, 0) is 6.26 Å². The molecule has 0 saturated carbocycles. The quantitative estimate of drug-likeness (QED) is 0.487. The molecule has 0 amide bonds. The van der Waals surface area contributed by atoms with Crippen molar-refractivity contribution in [3.8, 4) is 0 Å². The van der Waals surface area contributed by atoms with Gasteiger partial charge in [-0.25, -0.2) is 5.84 Å². The van der Waals surface area contributed by atoms with E-state index in [2.05, 4.69) is 21.6 Å². The monoisotopic (exact) mass is 228 g/mol. The molecule has 1 rings (SSSR count). The van der Waals surface area contributed by atoms with Crippen molar-refractivity contribution in [2.45, 2.75) is 0 Å². The molecule has 0 aromatic carbocycles. The lowest BCUT2D eigenvalue weighted by molar-refractivity contribution is 0.940. The van der Waals surface area contributed by atoms with Gasteiger partial charge in [0.2, 0.25) is 5.95 Å². The topological polar surface area (TPSA) is 93.1 Å². The van der Waals surface area contributed by atoms with Crippen molar-refractivity contribution >= 4 is 29.3 Å². The first-order valence-electron chi connectivity index (χ1n) is 4.48. The first-order chi connectivity index (χ1) is 7.17. The minimum atomic E-state index is 0.219. The van der Waals surface area contributed by atoms with E-state index < -0.39 is 0 Å². The first-order valence-corrected chi connectivity index (χ1v) is 5.88. The largest absolute Gasteiger partial charge is 0.368 e. The Morgan fingerprint density at radius 3 is 2.87 bits per heavy atom. The zero-order chi connectivity index (χ0) is 11.3. The van der Waals surface area contributed by atoms with E-state index in [4.69, 9.17) is 11.6 Å². The number of anilines is 3. The Balaban J connectivity index is 2.78. The summed E-state index contributed by atoms with van der Waals surface area (Å²) in [5.74, 6) is 7.81. The van der Waals surface area contributed by atoms with Crippen LogP contribution in [0.4, 0.5) is 17.6 Å². The molecule has 0 fully saturated rings. The Morgan fingerprint density at radius 2 is 2.27 bits per heavy atom. The van der Waals surface area contributed by atoms with Gasteiger partial charge in [0.25, 0.3) is 0 Å². The van der Waals surface area contributed by atoms with Crippen LogP contribution in [-0.4, -0.2) is 35.6 Å². The van der Waals surface area contributed by atoms with Crippen LogP contribution in [0.15, 0.2) is 6.07 Å². The molecular weight excluding hydrogens is 212 g/mol. The third-order valence-corrected chi connectivity index (χ3v) is 2.49. The Kier molecular flexibility index (Phi) is 4.44. The van der Waals surface area contributed by atoms with Gasteiger partial charge in [0, 0.05) is 25.4 Å². The van der Waals surface area contributed by atoms with Gasteiger partial charge >= 0.3 is 0 Å². The number of thioether (sulfide) groups is 1. The van der Waals surface area contributed by atoms with E-state index in [0.717, 1.165) is 18.1 Å². The highest BCUT2D eigenvalue weighted by atomic mass is 32.2. The van der Waals surface area contributed by atoms with E-state index in [0.29, 0.717) is 5.82 Å². The minimum absolute atomic E-state index is 0.219. The summed E-state index contributed by atoms with van der Waals surface area (Å²) >= 11 is 1.78. The van der Waals surface area contributed by atoms with E-state index in [9.17, 15) is 0 Å². The van der Waals surface area contributed by atoms with E-state index >= 15 is 0 Å². The molecule has 0 aliphatic heterocycles. The smallest absolute Gasteiger partial charge is 0.223 e. The number of hydrogen-bond acceptors (Lipinski definition) is 7. The maximum absolute atomic E-state index is 5.55. The standard InChI is InChI=1S/C8H16N6S/c1-14(3-4-15-2)7-5-6(13-10)11-8(9)12-7/h5H,3-4,10H2,1-2H3,(H3,9,11,12,13). The molecule has 0 unspecified atom stereocenters. The maximum Gasteiger partial charge on any atom is 0.223 e. The number of hydrogen-bond donors (Lipinski definition) is 3. The molecule has 0 aliphatic rings. The number of nitrogens with one attached hydrogen (secondary N) is 1. The molecule has 0 atom stereocenters. The van der Waals surface area contributed by atoms with Gasteiger partial charge in [0.1, 0.15) is 11.6 Å². The fourth-order valence-corrected chi connectivity index (χ4v) is 1.52. The Labute approximate surface area is 93.4 Å². The molecule has 0 saturated heterocycles. The van der Waals surface area contributed by atoms with Crippen molar-refractivity contribution in [2.24, 2.45) is 5.84 Å². The summed E-state index contributed by atoms with van der Waals surface area (Å²) in [4.78, 5) is 10.0. The average molecular weight is 228 g/mol. The van der Waals surface area contributed by atoms with E-state index in [1.54, 1.807) is 17.8 Å². The van der Waals surface area contributed by atoms with Crippen molar-refractivity contribution in [1.29, 1.82) is 0 Å². The molecule has 15 heavy (non-hydrogen) atoms. The van der Waals surface area contributed by atoms with Crippen LogP contribution in [0.3, 0.4) is 0 Å². The van der Waals surface area contributed by atoms with Crippen molar-refractivity contribution in [3.05, 3.63) is 6.07 Å². The number of rotatable bonds is 5. The molecule has 84 valence electrons. The van der Waals surface area contributed by atoms with Crippen molar-refractivity contribution in [3.63, 3.8) is 0 Å². The summed E-state index contributed by atoms with van der Waals surface area (Å²) in [6, 6.07) is 1.76. The summed E-state index contributed by atoms with van der Waals surface area (Å²) in [6.45, 7) is 0.904. The first kappa shape index (κ1) is 11.9. The van der Waals surface area contributed by atoms with Crippen molar-refractivity contribution in [1.82, 2.24) is 9.97 Å². The molecule has 0 radical (unpaired) electrons. The van der Waals surface area contributed by atoms with Gasteiger partial charge in [0.15, 0.2) is 0 Å². The van der Waals surface area contributed by atoms with E-state index in [1.165, 1.54) is 0 Å². The molecule has 5 N–H and O–H groups in total. The van der Waals surface area contributed by atoms with Crippen LogP contribution in [0.2, 0.25) is 0 Å². The molecule has 1 aromatic rings. The van der Waals surface area contributed by atoms with Gasteiger partial charge in [-0.2, -0.15) is 21.7 Å². The van der Waals surface area contributed by atoms with Crippen LogP contribution in [-0.2, 0) is 0 Å². The summed E-state index contributed by atoms with van der Waals surface area (Å²) in [7, 11) is 1.96. The Hall–Kier alpha value is -1.21. The van der Waals surface area contributed by atoms with Crippen molar-refractivity contribution in [2.75, 3.05) is 41.7 Å². The lowest BCUT2D eigenvalue weighted by atomic mass is 10.4. The number of nitrogen functional groups attached to an aromatic ring is 2. The highest BCUT2D eigenvalue weighted by molar-refractivity contribution is 7.98. The lowest BCUT2D eigenvalue weighted by Crippen LogP contribution is -2.22. The SMILES string of the molecule is CSCCN(C)c1cc(NN)nc(N)n1. The van der Waals surface area contributed by atoms with E-state index in [1.807, 2.05) is 11.9 Å². The summed E-state index contributed by atoms with van der Waals surface area (Å²) < 4.78 is 0. The fourth-order valence-electron chi connectivity index (χ4n) is 1.06. The number of aromatic nitrogens is 2. The number of hydrazine groups is 1. The van der Waals surface area contributed by atoms with E-state index in [-0.39, 0.29) is 5.95 Å². The number of nitrogens with two attached hydrogens (primary N) is 2. The second-order valence-electron chi connectivity index (χ2n) is 3.03. The third kappa shape index (κ3) is 3.45. The molecule has 1 aromatic heterocycles. The van der Waals surface area contributed by atoms with Gasteiger partial charge in [0.05, 0.1) is 0 Å². The molecule has 0 aliphatic carbocycles. The van der Waals surface area contributed by atoms with Gasteiger partial charge in [-0.1, -0.05) is 0 Å². The minimum Gasteiger partial charge on any atom is -0.368 e. The van der Waals surface area contributed by atoms with Crippen molar-refractivity contribution < 1.29 is 0 Å². The Bertz CT molecular complexity index is 318. The molecule has 6 nitrogen and oxygen atoms in total. The Morgan fingerprint density at radius 1 is 1.53 bits per heavy atom. The summed E-state index contributed by atoms with van der Waals surface area (Å²) in [5, 5.41) is 0. The second kappa shape index (κ2) is 5.62. The van der Waals surface area contributed by atoms with Crippen LogP contribution in [0.5, 0.6) is 0 Å². The van der Waals surface area contributed by atoms with Crippen LogP contribution >= 0.6 is 11.8 Å². The summed E-state index contributed by atoms with van der Waals surface area (Å²) in [5.41, 5.74) is 8.01.